The van der Waals surface area contributed by atoms with E-state index < -0.39 is 0 Å². The van der Waals surface area contributed by atoms with Crippen LogP contribution in [0.5, 0.6) is 11.8 Å². The minimum atomic E-state index is -0.240. The Balaban J connectivity index is 1.40. The molecule has 1 N–H and O–H groups in total. The Bertz CT molecular complexity index is 831. The van der Waals surface area contributed by atoms with E-state index >= 15 is 0 Å². The van der Waals surface area contributed by atoms with Gasteiger partial charge in [0.15, 0.2) is 12.3 Å². The van der Waals surface area contributed by atoms with Gasteiger partial charge < -0.3 is 14.8 Å². The largest absolute Gasteiger partial charge is 0.492 e. The lowest BCUT2D eigenvalue weighted by Gasteiger charge is -2.08. The molecule has 7 heteroatoms. The van der Waals surface area contributed by atoms with Gasteiger partial charge in [-0.25, -0.2) is 0 Å². The molecule has 3 rings (SSSR count). The van der Waals surface area contributed by atoms with Gasteiger partial charge in [0.1, 0.15) is 12.4 Å². The summed E-state index contributed by atoms with van der Waals surface area (Å²) in [5.41, 5.74) is 1.80. The van der Waals surface area contributed by atoms with Gasteiger partial charge in [-0.05, 0) is 36.8 Å². The number of hydrogen-bond acceptors (Lipinski definition) is 5. The fraction of sp³-hybridized carbons (Fsp3) is 0.235. The van der Waals surface area contributed by atoms with Crippen LogP contribution in [-0.2, 0) is 4.79 Å². The molecule has 1 aromatic carbocycles. The van der Waals surface area contributed by atoms with Crippen molar-refractivity contribution in [3.63, 3.8) is 0 Å². The molecule has 0 unspecified atom stereocenters. The van der Waals surface area contributed by atoms with E-state index in [0.717, 1.165) is 11.3 Å². The summed E-state index contributed by atoms with van der Waals surface area (Å²) >= 11 is 0. The third kappa shape index (κ3) is 4.01. The summed E-state index contributed by atoms with van der Waals surface area (Å²) in [7, 11) is 0. The summed E-state index contributed by atoms with van der Waals surface area (Å²) in [4.78, 5) is 11.8. The summed E-state index contributed by atoms with van der Waals surface area (Å²) in [6.45, 7) is 2.67. The summed E-state index contributed by atoms with van der Waals surface area (Å²) in [6, 6.07) is 13.6. The maximum atomic E-state index is 11.8. The zero-order valence-electron chi connectivity index (χ0n) is 13.3. The Kier molecular flexibility index (Phi) is 4.90. The highest BCUT2D eigenvalue weighted by Gasteiger charge is 2.08. The molecule has 0 spiro atoms. The van der Waals surface area contributed by atoms with E-state index in [1.807, 2.05) is 49.4 Å². The van der Waals surface area contributed by atoms with E-state index in [1.54, 1.807) is 10.6 Å². The van der Waals surface area contributed by atoms with Crippen molar-refractivity contribution in [3.8, 4) is 11.8 Å². The van der Waals surface area contributed by atoms with Crippen LogP contribution in [0, 0.1) is 6.92 Å². The molecule has 0 aliphatic heterocycles. The van der Waals surface area contributed by atoms with Crippen molar-refractivity contribution in [2.24, 2.45) is 0 Å². The standard InChI is InChI=1S/C17H18N4O3/c1-13-5-4-6-14(11-13)23-10-8-18-16(22)12-24-17-20-19-15-7-2-3-9-21(15)17/h2-7,9,11H,8,10,12H2,1H3,(H,18,22). The lowest BCUT2D eigenvalue weighted by molar-refractivity contribution is -0.123. The van der Waals surface area contributed by atoms with Crippen molar-refractivity contribution < 1.29 is 14.3 Å². The number of hydrogen-bond donors (Lipinski definition) is 1. The Labute approximate surface area is 139 Å². The van der Waals surface area contributed by atoms with Gasteiger partial charge >= 0.3 is 6.01 Å². The minimum Gasteiger partial charge on any atom is -0.492 e. The van der Waals surface area contributed by atoms with Crippen molar-refractivity contribution in [1.82, 2.24) is 19.9 Å². The molecule has 0 aliphatic rings. The van der Waals surface area contributed by atoms with E-state index in [2.05, 4.69) is 15.5 Å². The highest BCUT2D eigenvalue weighted by Crippen LogP contribution is 2.12. The van der Waals surface area contributed by atoms with E-state index in [-0.39, 0.29) is 18.5 Å². The molecule has 124 valence electrons. The van der Waals surface area contributed by atoms with E-state index in [4.69, 9.17) is 9.47 Å². The molecule has 0 aliphatic carbocycles. The molecule has 24 heavy (non-hydrogen) atoms. The van der Waals surface area contributed by atoms with Crippen LogP contribution in [0.2, 0.25) is 0 Å². The number of rotatable bonds is 7. The average molecular weight is 326 g/mol. The van der Waals surface area contributed by atoms with Crippen molar-refractivity contribution >= 4 is 11.6 Å². The minimum absolute atomic E-state index is 0.125. The van der Waals surface area contributed by atoms with Gasteiger partial charge in [-0.15, -0.1) is 5.10 Å². The molecule has 0 saturated heterocycles. The molecule has 2 heterocycles. The zero-order valence-corrected chi connectivity index (χ0v) is 13.3. The smallest absolute Gasteiger partial charge is 0.322 e. The fourth-order valence-electron chi connectivity index (χ4n) is 2.16. The Hall–Kier alpha value is -3.09. The van der Waals surface area contributed by atoms with Gasteiger partial charge in [0.25, 0.3) is 5.91 Å². The number of pyridine rings is 1. The van der Waals surface area contributed by atoms with Gasteiger partial charge in [-0.1, -0.05) is 23.3 Å². The lowest BCUT2D eigenvalue weighted by atomic mass is 10.2. The first-order chi connectivity index (χ1) is 11.7. The van der Waals surface area contributed by atoms with Gasteiger partial charge in [-0.3, -0.25) is 9.20 Å². The second-order valence-electron chi connectivity index (χ2n) is 5.22. The second-order valence-corrected chi connectivity index (χ2v) is 5.22. The molecule has 0 radical (unpaired) electrons. The first kappa shape index (κ1) is 15.8. The van der Waals surface area contributed by atoms with Crippen LogP contribution < -0.4 is 14.8 Å². The van der Waals surface area contributed by atoms with Gasteiger partial charge in [0.2, 0.25) is 0 Å². The summed E-state index contributed by atoms with van der Waals surface area (Å²) in [5.74, 6) is 0.547. The van der Waals surface area contributed by atoms with Crippen molar-refractivity contribution in [2.45, 2.75) is 6.92 Å². The molecule has 0 bridgehead atoms. The maximum Gasteiger partial charge on any atom is 0.322 e. The normalized spacial score (nSPS) is 10.5. The number of nitrogens with zero attached hydrogens (tertiary/aromatic N) is 3. The van der Waals surface area contributed by atoms with Gasteiger partial charge in [-0.2, -0.15) is 0 Å². The molecule has 2 aromatic heterocycles. The number of carbonyl (C=O) groups excluding carboxylic acids is 1. The van der Waals surface area contributed by atoms with Crippen molar-refractivity contribution in [1.29, 1.82) is 0 Å². The predicted molar refractivity (Wildman–Crippen MR) is 88.2 cm³/mol. The first-order valence-electron chi connectivity index (χ1n) is 7.61. The summed E-state index contributed by atoms with van der Waals surface area (Å²) in [5, 5.41) is 10.6. The quantitative estimate of drug-likeness (QED) is 0.668. The maximum absolute atomic E-state index is 11.8. The highest BCUT2D eigenvalue weighted by atomic mass is 16.5. The number of nitrogens with one attached hydrogen (secondary N) is 1. The molecule has 0 fully saturated rings. The third-order valence-electron chi connectivity index (χ3n) is 3.30. The molecule has 0 atom stereocenters. The number of carbonyl (C=O) groups is 1. The molecular formula is C17H18N4O3. The van der Waals surface area contributed by atoms with E-state index in [9.17, 15) is 4.79 Å². The molecule has 7 nitrogen and oxygen atoms in total. The SMILES string of the molecule is Cc1cccc(OCCNC(=O)COc2nnc3ccccn23)c1. The third-order valence-corrected chi connectivity index (χ3v) is 3.30. The van der Waals surface area contributed by atoms with Gasteiger partial charge in [0.05, 0.1) is 6.54 Å². The summed E-state index contributed by atoms with van der Waals surface area (Å²) < 4.78 is 12.6. The molecule has 0 saturated carbocycles. The molecule has 1 amide bonds. The number of aryl methyl sites for hydroxylation is 1. The van der Waals surface area contributed by atoms with Crippen molar-refractivity contribution in [2.75, 3.05) is 19.8 Å². The number of amides is 1. The van der Waals surface area contributed by atoms with E-state index in [0.29, 0.717) is 18.8 Å². The average Bonchev–Trinajstić information content (AvgIpc) is 3.00. The van der Waals surface area contributed by atoms with Crippen LogP contribution in [-0.4, -0.2) is 40.3 Å². The van der Waals surface area contributed by atoms with Gasteiger partial charge in [0, 0.05) is 6.20 Å². The van der Waals surface area contributed by atoms with Crippen LogP contribution in [0.4, 0.5) is 0 Å². The van der Waals surface area contributed by atoms with Crippen LogP contribution in [0.3, 0.4) is 0 Å². The zero-order chi connectivity index (χ0) is 16.8. The number of benzene rings is 1. The monoisotopic (exact) mass is 326 g/mol. The Morgan fingerprint density at radius 3 is 2.96 bits per heavy atom. The number of ether oxygens (including phenoxy) is 2. The van der Waals surface area contributed by atoms with Crippen LogP contribution in [0.25, 0.3) is 5.65 Å². The van der Waals surface area contributed by atoms with Crippen LogP contribution >= 0.6 is 0 Å². The number of fused-ring (bicyclic) bond motifs is 1. The highest BCUT2D eigenvalue weighted by molar-refractivity contribution is 5.77. The first-order valence-corrected chi connectivity index (χ1v) is 7.61. The fourth-order valence-corrected chi connectivity index (χ4v) is 2.16. The predicted octanol–water partition coefficient (Wildman–Crippen LogP) is 1.61. The van der Waals surface area contributed by atoms with Crippen molar-refractivity contribution in [3.05, 3.63) is 54.2 Å². The lowest BCUT2D eigenvalue weighted by Crippen LogP contribution is -2.32. The molecular weight excluding hydrogens is 308 g/mol. The molecule has 3 aromatic rings. The Morgan fingerprint density at radius 1 is 1.17 bits per heavy atom. The second kappa shape index (κ2) is 7.45. The van der Waals surface area contributed by atoms with E-state index in [1.165, 1.54) is 0 Å². The number of aromatic nitrogens is 3. The van der Waals surface area contributed by atoms with Crippen LogP contribution in [0.1, 0.15) is 5.56 Å². The Morgan fingerprint density at radius 2 is 2.08 bits per heavy atom. The topological polar surface area (TPSA) is 77.8 Å². The summed E-state index contributed by atoms with van der Waals surface area (Å²) in [6.07, 6.45) is 1.78. The van der Waals surface area contributed by atoms with Crippen LogP contribution in [0.15, 0.2) is 48.7 Å².